The number of carbonyl (C=O) groups is 1. The number of ketones is 1. The van der Waals surface area contributed by atoms with Crippen LogP contribution < -0.4 is 5.73 Å². The summed E-state index contributed by atoms with van der Waals surface area (Å²) in [4.78, 5) is 11.1. The Hall–Kier alpha value is -1.55. The van der Waals surface area contributed by atoms with Gasteiger partial charge in [-0.2, -0.15) is 0 Å². The predicted molar refractivity (Wildman–Crippen MR) is 52.1 cm³/mol. The van der Waals surface area contributed by atoms with Crippen molar-refractivity contribution in [1.82, 2.24) is 0 Å². The van der Waals surface area contributed by atoms with Gasteiger partial charge in [0, 0.05) is 1.37 Å². The third-order valence-corrected chi connectivity index (χ3v) is 1.73. The number of hydrogen-bond acceptors (Lipinski definition) is 4. The largest absolute Gasteiger partial charge is 0.504 e. The van der Waals surface area contributed by atoms with E-state index in [9.17, 15) is 9.90 Å². The molecule has 2 atom stereocenters. The second kappa shape index (κ2) is 4.11. The zero-order chi connectivity index (χ0) is 12.5. The fraction of sp³-hybridized carbons (Fsp3) is 0.300. The molecule has 0 saturated carbocycles. The molecule has 1 rings (SSSR count). The Balaban J connectivity index is 3.10. The molecule has 1 aromatic rings. The Kier molecular flexibility index (Phi) is 2.29. The number of phenolic OH excluding ortho intramolecular Hbond substituents is 2. The monoisotopic (exact) mass is 197 g/mol. The molecule has 0 radical (unpaired) electrons. The highest BCUT2D eigenvalue weighted by atomic mass is 16.3. The van der Waals surface area contributed by atoms with Crippen molar-refractivity contribution in [3.8, 4) is 11.5 Å². The van der Waals surface area contributed by atoms with Crippen LogP contribution in [0.2, 0.25) is 0 Å². The average Bonchev–Trinajstić information content (AvgIpc) is 2.20. The lowest BCUT2D eigenvalue weighted by Gasteiger charge is -2.08. The Morgan fingerprint density at radius 2 is 2.29 bits per heavy atom. The third kappa shape index (κ3) is 2.47. The number of rotatable bonds is 3. The van der Waals surface area contributed by atoms with E-state index in [4.69, 9.17) is 13.6 Å². The van der Waals surface area contributed by atoms with Crippen LogP contribution in [0, 0.1) is 0 Å². The van der Waals surface area contributed by atoms with Gasteiger partial charge in [-0.1, -0.05) is 6.07 Å². The first kappa shape index (κ1) is 7.82. The molecule has 4 heteroatoms. The topological polar surface area (TPSA) is 83.6 Å². The summed E-state index contributed by atoms with van der Waals surface area (Å²) in [6.07, 6.45) is -1.32. The lowest BCUT2D eigenvalue weighted by atomic mass is 10.0. The minimum atomic E-state index is -2.07. The zero-order valence-electron chi connectivity index (χ0n) is 9.69. The summed E-state index contributed by atoms with van der Waals surface area (Å²) in [6, 6.07) is 1.57. The molecule has 0 aliphatic carbocycles. The van der Waals surface area contributed by atoms with Crippen molar-refractivity contribution in [2.45, 2.75) is 19.3 Å². The first-order chi connectivity index (χ1) is 7.26. The second-order valence-electron chi connectivity index (χ2n) is 2.90. The van der Waals surface area contributed by atoms with Crippen molar-refractivity contribution in [3.63, 3.8) is 0 Å². The van der Waals surface area contributed by atoms with Crippen LogP contribution in [-0.4, -0.2) is 22.0 Å². The normalized spacial score (nSPS) is 19.0. The molecule has 4 nitrogen and oxygen atoms in total. The van der Waals surface area contributed by atoms with E-state index in [-0.39, 0.29) is 11.3 Å². The van der Waals surface area contributed by atoms with E-state index in [2.05, 4.69) is 0 Å². The summed E-state index contributed by atoms with van der Waals surface area (Å²) in [5.74, 6) is -1.37. The minimum Gasteiger partial charge on any atom is -0.504 e. The highest BCUT2D eigenvalue weighted by Crippen LogP contribution is 2.25. The summed E-state index contributed by atoms with van der Waals surface area (Å²) in [5, 5.41) is 18.3. The molecule has 0 aromatic heterocycles. The number of carbonyl (C=O) groups excluding carboxylic acids is 1. The number of phenols is 2. The van der Waals surface area contributed by atoms with Crippen LogP contribution in [0.15, 0.2) is 18.2 Å². The molecule has 1 aromatic carbocycles. The van der Waals surface area contributed by atoms with Crippen LogP contribution in [0.5, 0.6) is 11.5 Å². The Morgan fingerprint density at radius 3 is 2.79 bits per heavy atom. The van der Waals surface area contributed by atoms with Crippen LogP contribution in [0.4, 0.5) is 0 Å². The molecule has 0 bridgehead atoms. The number of Topliss-reactive ketones (excluding diaryl/α,β-unsaturated/α-hetero) is 1. The van der Waals surface area contributed by atoms with Gasteiger partial charge in [0.15, 0.2) is 11.5 Å². The molecule has 0 heterocycles. The lowest BCUT2D eigenvalue weighted by Crippen LogP contribution is -2.30. The Morgan fingerprint density at radius 1 is 1.64 bits per heavy atom. The van der Waals surface area contributed by atoms with Crippen molar-refractivity contribution in [3.05, 3.63) is 23.8 Å². The molecule has 0 aliphatic heterocycles. The SMILES string of the molecule is [2H]C(c1ccc(O)c(O)c1)[C@]([2H])(N)C(C)=O. The van der Waals surface area contributed by atoms with Gasteiger partial charge in [0.2, 0.25) is 0 Å². The lowest BCUT2D eigenvalue weighted by molar-refractivity contribution is -0.118. The van der Waals surface area contributed by atoms with Crippen molar-refractivity contribution in [1.29, 1.82) is 0 Å². The van der Waals surface area contributed by atoms with Crippen molar-refractivity contribution in [2.75, 3.05) is 0 Å². The molecular weight excluding hydrogens is 182 g/mol. The number of nitrogens with two attached hydrogens (primary N) is 1. The summed E-state index contributed by atoms with van der Waals surface area (Å²) in [7, 11) is 0. The maximum atomic E-state index is 11.1. The van der Waals surface area contributed by atoms with Crippen LogP contribution in [0.25, 0.3) is 0 Å². The minimum absolute atomic E-state index is 0.197. The number of hydrogen-bond donors (Lipinski definition) is 3. The average molecular weight is 197 g/mol. The highest BCUT2D eigenvalue weighted by Gasteiger charge is 2.10. The zero-order valence-corrected chi connectivity index (χ0v) is 7.69. The van der Waals surface area contributed by atoms with Gasteiger partial charge in [-0.15, -0.1) is 0 Å². The van der Waals surface area contributed by atoms with E-state index in [1.807, 2.05) is 0 Å². The van der Waals surface area contributed by atoms with Crippen LogP contribution in [-0.2, 0) is 11.2 Å². The van der Waals surface area contributed by atoms with Gasteiger partial charge < -0.3 is 15.9 Å². The fourth-order valence-electron chi connectivity index (χ4n) is 0.911. The van der Waals surface area contributed by atoms with Gasteiger partial charge in [0.05, 0.1) is 7.39 Å². The second-order valence-corrected chi connectivity index (χ2v) is 2.90. The van der Waals surface area contributed by atoms with Crippen molar-refractivity contribution >= 4 is 5.78 Å². The van der Waals surface area contributed by atoms with Gasteiger partial charge >= 0.3 is 0 Å². The van der Waals surface area contributed by atoms with E-state index >= 15 is 0 Å². The number of aromatic hydroxyl groups is 2. The van der Waals surface area contributed by atoms with E-state index in [0.717, 1.165) is 13.0 Å². The van der Waals surface area contributed by atoms with Gasteiger partial charge in [-0.05, 0) is 31.0 Å². The molecular formula is C10H13NO3. The van der Waals surface area contributed by atoms with Gasteiger partial charge in [-0.3, -0.25) is 4.79 Å². The molecule has 4 N–H and O–H groups in total. The predicted octanol–water partition coefficient (Wildman–Crippen LogP) is 0.557. The van der Waals surface area contributed by atoms with Crippen LogP contribution in [0.1, 0.15) is 15.2 Å². The van der Waals surface area contributed by atoms with E-state index in [1.54, 1.807) is 0 Å². The van der Waals surface area contributed by atoms with Crippen LogP contribution in [0.3, 0.4) is 0 Å². The number of benzene rings is 1. The summed E-state index contributed by atoms with van der Waals surface area (Å²) >= 11 is 0. The molecule has 0 spiro atoms. The fourth-order valence-corrected chi connectivity index (χ4v) is 0.911. The Labute approximate surface area is 84.8 Å². The van der Waals surface area contributed by atoms with E-state index in [0.29, 0.717) is 0 Å². The standard InChI is InChI=1S/C10H13NO3/c1-6(12)8(11)4-7-2-3-9(13)10(14)5-7/h2-3,5,8,13-14H,4,11H2,1H3/t8-/m0/s1/i4D,8D/t4?,8-. The third-order valence-electron chi connectivity index (χ3n) is 1.73. The van der Waals surface area contributed by atoms with Gasteiger partial charge in [-0.25, -0.2) is 0 Å². The summed E-state index contributed by atoms with van der Waals surface area (Å²) < 4.78 is 15.2. The van der Waals surface area contributed by atoms with Crippen molar-refractivity contribution in [2.24, 2.45) is 5.73 Å². The smallest absolute Gasteiger partial charge is 0.157 e. The van der Waals surface area contributed by atoms with Crippen LogP contribution >= 0.6 is 0 Å². The molecule has 0 saturated heterocycles. The molecule has 1 unspecified atom stereocenters. The van der Waals surface area contributed by atoms with E-state index < -0.39 is 23.9 Å². The van der Waals surface area contributed by atoms with Crippen molar-refractivity contribution < 1.29 is 17.7 Å². The first-order valence-electron chi connectivity index (χ1n) is 5.08. The molecule has 76 valence electrons. The molecule has 0 fully saturated rings. The highest BCUT2D eigenvalue weighted by molar-refractivity contribution is 5.81. The Bertz CT molecular complexity index is 421. The molecule has 0 amide bonds. The maximum Gasteiger partial charge on any atom is 0.157 e. The first-order valence-corrected chi connectivity index (χ1v) is 4.01. The van der Waals surface area contributed by atoms with E-state index in [1.165, 1.54) is 12.1 Å². The maximum absolute atomic E-state index is 11.1. The van der Waals surface area contributed by atoms with Gasteiger partial charge in [0.25, 0.3) is 0 Å². The molecule has 0 aliphatic rings. The van der Waals surface area contributed by atoms with Gasteiger partial charge in [0.1, 0.15) is 5.78 Å². The summed E-state index contributed by atoms with van der Waals surface area (Å²) in [6.45, 7) is 1.13. The molecule has 14 heavy (non-hydrogen) atoms. The quantitative estimate of drug-likeness (QED) is 0.618. The summed E-state index contributed by atoms with van der Waals surface area (Å²) in [5.41, 5.74) is 5.61.